The van der Waals surface area contributed by atoms with Crippen molar-refractivity contribution in [1.29, 1.82) is 0 Å². The lowest BCUT2D eigenvalue weighted by Crippen LogP contribution is -2.03. The van der Waals surface area contributed by atoms with Gasteiger partial charge in [-0.15, -0.1) is 11.3 Å². The summed E-state index contributed by atoms with van der Waals surface area (Å²) in [5.41, 5.74) is 1.76. The standard InChI is InChI=1S/C13H10ClFOS/c1-7-3-4-10(15)9(5-7)12(16)13-11(14)8(2)6-17-13/h3-6H,1-2H3. The second-order valence-corrected chi connectivity index (χ2v) is 5.13. The summed E-state index contributed by atoms with van der Waals surface area (Å²) in [6.45, 7) is 3.64. The van der Waals surface area contributed by atoms with Crippen molar-refractivity contribution in [2.75, 3.05) is 0 Å². The minimum atomic E-state index is -0.511. The molecule has 0 amide bonds. The van der Waals surface area contributed by atoms with E-state index in [0.717, 1.165) is 11.1 Å². The van der Waals surface area contributed by atoms with E-state index in [2.05, 4.69) is 0 Å². The molecule has 17 heavy (non-hydrogen) atoms. The average molecular weight is 269 g/mol. The van der Waals surface area contributed by atoms with Crippen LogP contribution in [0.15, 0.2) is 23.6 Å². The SMILES string of the molecule is Cc1ccc(F)c(C(=O)c2scc(C)c2Cl)c1. The number of rotatable bonds is 2. The van der Waals surface area contributed by atoms with Crippen LogP contribution < -0.4 is 0 Å². The zero-order valence-electron chi connectivity index (χ0n) is 9.38. The molecule has 0 aliphatic rings. The fraction of sp³-hybridized carbons (Fsp3) is 0.154. The predicted octanol–water partition coefficient (Wildman–Crippen LogP) is 4.39. The van der Waals surface area contributed by atoms with E-state index in [9.17, 15) is 9.18 Å². The Bertz CT molecular complexity index is 589. The number of ketones is 1. The number of carbonyl (C=O) groups is 1. The van der Waals surface area contributed by atoms with Crippen LogP contribution in [0.4, 0.5) is 4.39 Å². The normalized spacial score (nSPS) is 10.6. The first-order valence-electron chi connectivity index (χ1n) is 5.05. The molecule has 0 fully saturated rings. The first-order chi connectivity index (χ1) is 8.00. The molecule has 88 valence electrons. The molecule has 0 N–H and O–H groups in total. The van der Waals surface area contributed by atoms with Gasteiger partial charge in [-0.05, 0) is 36.9 Å². The Balaban J connectivity index is 2.51. The molecule has 1 aromatic carbocycles. The summed E-state index contributed by atoms with van der Waals surface area (Å²) in [6.07, 6.45) is 0. The summed E-state index contributed by atoms with van der Waals surface area (Å²) in [7, 11) is 0. The van der Waals surface area contributed by atoms with Crippen LogP contribution in [0.2, 0.25) is 5.02 Å². The summed E-state index contributed by atoms with van der Waals surface area (Å²) in [5, 5.41) is 2.21. The molecule has 0 atom stereocenters. The van der Waals surface area contributed by atoms with Crippen molar-refractivity contribution in [3.8, 4) is 0 Å². The quantitative estimate of drug-likeness (QED) is 0.739. The second-order valence-electron chi connectivity index (χ2n) is 3.87. The highest BCUT2D eigenvalue weighted by molar-refractivity contribution is 7.13. The van der Waals surface area contributed by atoms with Crippen molar-refractivity contribution < 1.29 is 9.18 Å². The smallest absolute Gasteiger partial charge is 0.207 e. The summed E-state index contributed by atoms with van der Waals surface area (Å²) in [5.74, 6) is -0.864. The third-order valence-electron chi connectivity index (χ3n) is 2.47. The average Bonchev–Trinajstić information content (AvgIpc) is 2.62. The van der Waals surface area contributed by atoms with E-state index in [1.165, 1.54) is 17.4 Å². The van der Waals surface area contributed by atoms with Gasteiger partial charge in [0.15, 0.2) is 0 Å². The van der Waals surface area contributed by atoms with Crippen molar-refractivity contribution >= 4 is 28.7 Å². The van der Waals surface area contributed by atoms with Gasteiger partial charge in [-0.3, -0.25) is 4.79 Å². The van der Waals surface area contributed by atoms with Crippen LogP contribution in [-0.4, -0.2) is 5.78 Å². The van der Waals surface area contributed by atoms with Crippen LogP contribution in [-0.2, 0) is 0 Å². The fourth-order valence-electron chi connectivity index (χ4n) is 1.52. The summed E-state index contributed by atoms with van der Waals surface area (Å²) >= 11 is 7.26. The molecule has 1 aromatic heterocycles. The van der Waals surface area contributed by atoms with Gasteiger partial charge in [0.1, 0.15) is 5.82 Å². The van der Waals surface area contributed by atoms with Gasteiger partial charge >= 0.3 is 0 Å². The lowest BCUT2D eigenvalue weighted by Gasteiger charge is -2.02. The Hall–Kier alpha value is -1.19. The number of thiophene rings is 1. The number of hydrogen-bond donors (Lipinski definition) is 0. The molecule has 0 aliphatic heterocycles. The van der Waals surface area contributed by atoms with Gasteiger partial charge in [-0.1, -0.05) is 23.2 Å². The van der Waals surface area contributed by atoms with Crippen molar-refractivity contribution in [3.05, 3.63) is 56.0 Å². The monoisotopic (exact) mass is 268 g/mol. The van der Waals surface area contributed by atoms with Gasteiger partial charge in [-0.2, -0.15) is 0 Å². The van der Waals surface area contributed by atoms with Crippen molar-refractivity contribution in [3.63, 3.8) is 0 Å². The zero-order chi connectivity index (χ0) is 12.6. The van der Waals surface area contributed by atoms with E-state index >= 15 is 0 Å². The maximum Gasteiger partial charge on any atom is 0.207 e. The first-order valence-corrected chi connectivity index (χ1v) is 6.31. The lowest BCUT2D eigenvalue weighted by molar-refractivity contribution is 0.103. The summed E-state index contributed by atoms with van der Waals surface area (Å²) in [6, 6.07) is 4.48. The first kappa shape index (κ1) is 12.3. The van der Waals surface area contributed by atoms with Crippen molar-refractivity contribution in [2.24, 2.45) is 0 Å². The number of benzene rings is 1. The molecule has 0 aliphatic carbocycles. The maximum absolute atomic E-state index is 13.6. The highest BCUT2D eigenvalue weighted by Crippen LogP contribution is 2.30. The van der Waals surface area contributed by atoms with Gasteiger partial charge in [0.25, 0.3) is 0 Å². The molecule has 0 unspecified atom stereocenters. The summed E-state index contributed by atoms with van der Waals surface area (Å²) < 4.78 is 13.6. The molecular weight excluding hydrogens is 259 g/mol. The van der Waals surface area contributed by atoms with Crippen molar-refractivity contribution in [2.45, 2.75) is 13.8 Å². The number of carbonyl (C=O) groups excluding carboxylic acids is 1. The van der Waals surface area contributed by atoms with Crippen LogP contribution in [0.1, 0.15) is 26.4 Å². The molecule has 0 spiro atoms. The molecule has 1 heterocycles. The highest BCUT2D eigenvalue weighted by atomic mass is 35.5. The summed E-state index contributed by atoms with van der Waals surface area (Å²) in [4.78, 5) is 12.5. The molecule has 0 bridgehead atoms. The van der Waals surface area contributed by atoms with Gasteiger partial charge in [0, 0.05) is 0 Å². The lowest BCUT2D eigenvalue weighted by atomic mass is 10.1. The molecule has 4 heteroatoms. The van der Waals surface area contributed by atoms with E-state index in [0.29, 0.717) is 9.90 Å². The van der Waals surface area contributed by atoms with Crippen LogP contribution in [0.3, 0.4) is 0 Å². The van der Waals surface area contributed by atoms with Crippen LogP contribution >= 0.6 is 22.9 Å². The van der Waals surface area contributed by atoms with E-state index < -0.39 is 5.82 Å². The Labute approximate surface area is 108 Å². The molecule has 2 rings (SSSR count). The molecule has 0 saturated carbocycles. The minimum Gasteiger partial charge on any atom is -0.288 e. The Morgan fingerprint density at radius 3 is 2.65 bits per heavy atom. The molecule has 1 nitrogen and oxygen atoms in total. The fourth-order valence-corrected chi connectivity index (χ4v) is 2.75. The number of hydrogen-bond acceptors (Lipinski definition) is 2. The third kappa shape index (κ3) is 2.26. The molecule has 0 radical (unpaired) electrons. The van der Waals surface area contributed by atoms with E-state index in [1.54, 1.807) is 17.5 Å². The van der Waals surface area contributed by atoms with Crippen LogP contribution in [0.5, 0.6) is 0 Å². The predicted molar refractivity (Wildman–Crippen MR) is 68.6 cm³/mol. The van der Waals surface area contributed by atoms with Gasteiger partial charge in [-0.25, -0.2) is 4.39 Å². The molecule has 2 aromatic rings. The topological polar surface area (TPSA) is 17.1 Å². The van der Waals surface area contributed by atoms with Crippen LogP contribution in [0.25, 0.3) is 0 Å². The maximum atomic E-state index is 13.6. The minimum absolute atomic E-state index is 0.0775. The third-order valence-corrected chi connectivity index (χ3v) is 4.17. The zero-order valence-corrected chi connectivity index (χ0v) is 11.0. The molecular formula is C13H10ClFOS. The molecule has 0 saturated heterocycles. The Morgan fingerprint density at radius 2 is 2.06 bits per heavy atom. The largest absolute Gasteiger partial charge is 0.288 e. The highest BCUT2D eigenvalue weighted by Gasteiger charge is 2.19. The Morgan fingerprint density at radius 1 is 1.35 bits per heavy atom. The van der Waals surface area contributed by atoms with Crippen LogP contribution in [0, 0.1) is 19.7 Å². The second kappa shape index (κ2) is 4.59. The van der Waals surface area contributed by atoms with Gasteiger partial charge in [0.05, 0.1) is 15.5 Å². The van der Waals surface area contributed by atoms with Gasteiger partial charge < -0.3 is 0 Å². The van der Waals surface area contributed by atoms with E-state index in [-0.39, 0.29) is 11.3 Å². The Kier molecular flexibility index (Phi) is 3.31. The van der Waals surface area contributed by atoms with E-state index in [1.807, 2.05) is 13.8 Å². The van der Waals surface area contributed by atoms with Gasteiger partial charge in [0.2, 0.25) is 5.78 Å². The van der Waals surface area contributed by atoms with E-state index in [4.69, 9.17) is 11.6 Å². The van der Waals surface area contributed by atoms with Crippen molar-refractivity contribution in [1.82, 2.24) is 0 Å². The number of halogens is 2. The number of aryl methyl sites for hydroxylation is 2.